The summed E-state index contributed by atoms with van der Waals surface area (Å²) in [6.45, 7) is 19.0. The van der Waals surface area contributed by atoms with Crippen LogP contribution < -0.4 is 10.2 Å². The van der Waals surface area contributed by atoms with Crippen LogP contribution in [0.2, 0.25) is 0 Å². The van der Waals surface area contributed by atoms with E-state index in [1.165, 1.54) is 0 Å². The van der Waals surface area contributed by atoms with E-state index in [1.807, 2.05) is 0 Å². The highest BCUT2D eigenvalue weighted by atomic mass is 16.7. The Morgan fingerprint density at radius 1 is 0.674 bits per heavy atom. The number of carbonyl (C=O) groups is 2. The molecule has 0 aliphatic carbocycles. The number of piperidine rings is 2. The van der Waals surface area contributed by atoms with Crippen molar-refractivity contribution in [3.8, 4) is 0 Å². The number of aliphatic carboxylic acids is 2. The van der Waals surface area contributed by atoms with Gasteiger partial charge in [0.25, 0.3) is 0 Å². The van der Waals surface area contributed by atoms with Crippen molar-refractivity contribution in [3.63, 3.8) is 0 Å². The van der Waals surface area contributed by atoms with Crippen LogP contribution in [0.5, 0.6) is 0 Å². The lowest BCUT2D eigenvalue weighted by Gasteiger charge is -2.58. The van der Waals surface area contributed by atoms with Crippen LogP contribution in [-0.4, -0.2) is 117 Å². The third-order valence-electron chi connectivity index (χ3n) is 10.9. The molecule has 2 spiro atoms. The number of aliphatic hydroxyl groups excluding tert-OH is 2. The predicted molar refractivity (Wildman–Crippen MR) is 165 cm³/mol. The standard InChI is InChI=1S/C34H60N2O10/c1-28(2)20-33(43-12-13-44-33)21-29(3,4)35(28)18-24(37)16-32(27(41)42,11-9-10-26(39)40)17-25(38)19-36-30(5,6)22-34(23-31(36,7)8)45-14-15-46-34/h24-25,37-38H,9-23H2,1-8H3,(H,39,40)(H,41,42)/p-2. The highest BCUT2D eigenvalue weighted by Gasteiger charge is 2.57. The van der Waals surface area contributed by atoms with Gasteiger partial charge in [0.2, 0.25) is 0 Å². The molecule has 12 heteroatoms. The van der Waals surface area contributed by atoms with Crippen molar-refractivity contribution in [2.75, 3.05) is 39.5 Å². The highest BCUT2D eigenvalue weighted by molar-refractivity contribution is 5.72. The van der Waals surface area contributed by atoms with E-state index in [-0.39, 0.29) is 45.2 Å². The zero-order chi connectivity index (χ0) is 34.4. The minimum atomic E-state index is -1.67. The molecule has 12 nitrogen and oxygen atoms in total. The van der Waals surface area contributed by atoms with E-state index in [2.05, 4.69) is 65.2 Å². The number of carboxylic acids is 2. The summed E-state index contributed by atoms with van der Waals surface area (Å²) < 4.78 is 24.2. The van der Waals surface area contributed by atoms with Crippen LogP contribution in [-0.2, 0) is 28.5 Å². The molecule has 0 aromatic rings. The maximum absolute atomic E-state index is 13.0. The fraction of sp³-hybridized carbons (Fsp3) is 0.941. The Kier molecular flexibility index (Phi) is 10.7. The van der Waals surface area contributed by atoms with Crippen LogP contribution in [0.25, 0.3) is 0 Å². The van der Waals surface area contributed by atoms with Gasteiger partial charge in [-0.3, -0.25) is 9.80 Å². The van der Waals surface area contributed by atoms with Gasteiger partial charge in [-0.25, -0.2) is 0 Å². The largest absolute Gasteiger partial charge is 0.550 e. The Labute approximate surface area is 274 Å². The lowest BCUT2D eigenvalue weighted by molar-refractivity contribution is -0.323. The van der Waals surface area contributed by atoms with Crippen LogP contribution in [0.1, 0.15) is 113 Å². The topological polar surface area (TPSA) is 164 Å². The van der Waals surface area contributed by atoms with Gasteiger partial charge in [-0.2, -0.15) is 0 Å². The van der Waals surface area contributed by atoms with E-state index in [9.17, 15) is 30.0 Å². The molecule has 266 valence electrons. The van der Waals surface area contributed by atoms with Gasteiger partial charge in [0.15, 0.2) is 11.6 Å². The molecule has 0 bridgehead atoms. The Morgan fingerprint density at radius 3 is 1.28 bits per heavy atom. The van der Waals surface area contributed by atoms with Crippen molar-refractivity contribution in [2.24, 2.45) is 5.41 Å². The average molecular weight is 655 g/mol. The number of hydrogen-bond acceptors (Lipinski definition) is 12. The second kappa shape index (κ2) is 13.2. The van der Waals surface area contributed by atoms with E-state index in [1.54, 1.807) is 0 Å². The van der Waals surface area contributed by atoms with E-state index < -0.39 is 63.3 Å². The summed E-state index contributed by atoms with van der Waals surface area (Å²) in [7, 11) is 0. The van der Waals surface area contributed by atoms with Crippen LogP contribution in [0.4, 0.5) is 0 Å². The monoisotopic (exact) mass is 654 g/mol. The van der Waals surface area contributed by atoms with E-state index in [4.69, 9.17) is 18.9 Å². The Hall–Kier alpha value is -1.38. The van der Waals surface area contributed by atoms with Crippen molar-refractivity contribution < 1.29 is 49.0 Å². The zero-order valence-electron chi connectivity index (χ0n) is 29.3. The molecule has 4 fully saturated rings. The van der Waals surface area contributed by atoms with Crippen molar-refractivity contribution in [2.45, 2.75) is 159 Å². The molecule has 2 unspecified atom stereocenters. The summed E-state index contributed by atoms with van der Waals surface area (Å²) in [4.78, 5) is 28.7. The third-order valence-corrected chi connectivity index (χ3v) is 10.9. The number of carboxylic acid groups (broad SMARTS) is 2. The maximum atomic E-state index is 13.0. The van der Waals surface area contributed by atoms with Crippen LogP contribution in [0, 0.1) is 5.41 Å². The number of rotatable bonds is 13. The molecule has 0 radical (unpaired) electrons. The number of nitrogens with zero attached hydrogens (tertiary/aromatic N) is 2. The summed E-state index contributed by atoms with van der Waals surface area (Å²) >= 11 is 0. The van der Waals surface area contributed by atoms with Crippen molar-refractivity contribution in [1.82, 2.24) is 9.80 Å². The quantitative estimate of drug-likeness (QED) is 0.289. The lowest BCUT2D eigenvalue weighted by Crippen LogP contribution is -2.67. The number of aliphatic hydroxyl groups is 2. The first-order valence-electron chi connectivity index (χ1n) is 17.0. The van der Waals surface area contributed by atoms with E-state index in [0.717, 1.165) is 0 Å². The molecule has 4 rings (SSSR count). The SMILES string of the molecule is CC1(C)CC2(CC(C)(C)N1CC(O)CC(CCCC(=O)[O-])(CC(O)CN1C(C)(C)CC3(CC1(C)C)OCCO3)C(=O)[O-])OCCO2. The molecule has 0 aromatic carbocycles. The van der Waals surface area contributed by atoms with Gasteiger partial charge in [0.05, 0.1) is 38.6 Å². The van der Waals surface area contributed by atoms with Gasteiger partial charge >= 0.3 is 0 Å². The fourth-order valence-corrected chi connectivity index (χ4v) is 9.75. The molecule has 4 aliphatic heterocycles. The highest BCUT2D eigenvalue weighted by Crippen LogP contribution is 2.49. The Morgan fingerprint density at radius 2 is 1.00 bits per heavy atom. The minimum absolute atomic E-state index is 0.0194. The third kappa shape index (κ3) is 8.07. The minimum Gasteiger partial charge on any atom is -0.550 e. The first-order chi connectivity index (χ1) is 21.1. The molecular formula is C34H58N2O10-2. The van der Waals surface area contributed by atoms with Crippen molar-refractivity contribution >= 4 is 11.9 Å². The Balaban J connectivity index is 1.53. The van der Waals surface area contributed by atoms with Crippen LogP contribution in [0.15, 0.2) is 0 Å². The van der Waals surface area contributed by atoms with E-state index >= 15 is 0 Å². The fourth-order valence-electron chi connectivity index (χ4n) is 9.75. The summed E-state index contributed by atoms with van der Waals surface area (Å²) in [6, 6.07) is 0. The number of hydrogen-bond donors (Lipinski definition) is 2. The van der Waals surface area contributed by atoms with Gasteiger partial charge < -0.3 is 49.0 Å². The molecule has 0 amide bonds. The van der Waals surface area contributed by atoms with Gasteiger partial charge in [0, 0.05) is 78.3 Å². The van der Waals surface area contributed by atoms with Crippen LogP contribution in [0.3, 0.4) is 0 Å². The van der Waals surface area contributed by atoms with Crippen molar-refractivity contribution in [1.29, 1.82) is 0 Å². The summed E-state index contributed by atoms with van der Waals surface area (Å²) in [5, 5.41) is 47.5. The van der Waals surface area contributed by atoms with Gasteiger partial charge in [-0.1, -0.05) is 0 Å². The zero-order valence-corrected chi connectivity index (χ0v) is 29.3. The molecule has 0 aromatic heterocycles. The van der Waals surface area contributed by atoms with Gasteiger partial charge in [0.1, 0.15) is 0 Å². The first kappa shape index (κ1) is 37.4. The average Bonchev–Trinajstić information content (AvgIpc) is 3.51. The smallest absolute Gasteiger partial charge is 0.171 e. The summed E-state index contributed by atoms with van der Waals surface area (Å²) in [6.07, 6.45) is -0.612. The maximum Gasteiger partial charge on any atom is 0.171 e. The van der Waals surface area contributed by atoms with E-state index in [0.29, 0.717) is 52.1 Å². The summed E-state index contributed by atoms with van der Waals surface area (Å²) in [5.41, 5.74) is -3.44. The number of carbonyl (C=O) groups excluding carboxylic acids is 2. The number of ether oxygens (including phenoxy) is 4. The molecule has 4 heterocycles. The van der Waals surface area contributed by atoms with Gasteiger partial charge in [-0.05, 0) is 87.5 Å². The lowest BCUT2D eigenvalue weighted by atomic mass is 9.71. The molecule has 2 N–H and O–H groups in total. The molecule has 46 heavy (non-hydrogen) atoms. The van der Waals surface area contributed by atoms with Gasteiger partial charge in [-0.15, -0.1) is 0 Å². The molecule has 4 saturated heterocycles. The Bertz CT molecular complexity index is 987. The normalized spacial score (nSPS) is 29.0. The van der Waals surface area contributed by atoms with Crippen LogP contribution >= 0.6 is 0 Å². The summed E-state index contributed by atoms with van der Waals surface area (Å²) in [5.74, 6) is -4.07. The second-order valence-electron chi connectivity index (χ2n) is 16.9. The predicted octanol–water partition coefficient (Wildman–Crippen LogP) is 0.937. The molecule has 2 atom stereocenters. The molecular weight excluding hydrogens is 596 g/mol. The van der Waals surface area contributed by atoms with Crippen molar-refractivity contribution in [3.05, 3.63) is 0 Å². The number of likely N-dealkylation sites (tertiary alicyclic amines) is 2. The first-order valence-corrected chi connectivity index (χ1v) is 17.0. The second-order valence-corrected chi connectivity index (χ2v) is 16.9. The molecule has 0 saturated carbocycles. The number of β-amino-alcohol motifs (C(OH)–C–C–N with tert-alkyl or cyclic N) is 2. The molecule has 4 aliphatic rings.